The van der Waals surface area contributed by atoms with Crippen molar-refractivity contribution in [1.82, 2.24) is 0 Å². The third-order valence-electron chi connectivity index (χ3n) is 4.54. The first-order valence-corrected chi connectivity index (χ1v) is 13.4. The van der Waals surface area contributed by atoms with E-state index < -0.39 is 27.3 Å². The van der Waals surface area contributed by atoms with Gasteiger partial charge >= 0.3 is 5.97 Å². The minimum atomic E-state index is -3.68. The second-order valence-corrected chi connectivity index (χ2v) is 10.8. The van der Waals surface area contributed by atoms with Crippen molar-refractivity contribution in [3.8, 4) is 11.8 Å². The lowest BCUT2D eigenvalue weighted by Gasteiger charge is -2.28. The number of benzene rings is 2. The zero-order valence-corrected chi connectivity index (χ0v) is 21.5. The third-order valence-corrected chi connectivity index (χ3v) is 7.09. The Morgan fingerprint density at radius 3 is 2.35 bits per heavy atom. The average Bonchev–Trinajstić information content (AvgIpc) is 2.82. The van der Waals surface area contributed by atoms with Gasteiger partial charge in [-0.1, -0.05) is 30.0 Å². The molecule has 11 heteroatoms. The van der Waals surface area contributed by atoms with Crippen LogP contribution in [0, 0.1) is 11.3 Å². The topological polar surface area (TPSA) is 106 Å². The molecule has 0 aliphatic carbocycles. The van der Waals surface area contributed by atoms with Gasteiger partial charge in [0.1, 0.15) is 11.8 Å². The SMILES string of the molecule is CCOC(=S)SC(CC(C#N)OC(=O)c1ccccc1)CN(c1ccc(OC)cc1)S(C)(=O)=O. The Hall–Kier alpha value is -2.81. The van der Waals surface area contributed by atoms with Crippen molar-refractivity contribution >= 4 is 50.0 Å². The van der Waals surface area contributed by atoms with Gasteiger partial charge in [-0.15, -0.1) is 0 Å². The lowest BCUT2D eigenvalue weighted by molar-refractivity contribution is 0.0394. The van der Waals surface area contributed by atoms with E-state index in [0.29, 0.717) is 23.6 Å². The van der Waals surface area contributed by atoms with Crippen molar-refractivity contribution in [2.45, 2.75) is 24.7 Å². The smallest absolute Gasteiger partial charge is 0.339 e. The number of carbonyl (C=O) groups excluding carboxylic acids is 1. The van der Waals surface area contributed by atoms with Gasteiger partial charge in [-0.05, 0) is 55.5 Å². The van der Waals surface area contributed by atoms with E-state index in [2.05, 4.69) is 0 Å². The average molecular weight is 523 g/mol. The highest BCUT2D eigenvalue weighted by molar-refractivity contribution is 8.23. The summed E-state index contributed by atoms with van der Waals surface area (Å²) >= 11 is 6.36. The number of thiocarbonyl (C=S) groups is 1. The molecule has 0 aromatic heterocycles. The van der Waals surface area contributed by atoms with Crippen LogP contribution in [0.1, 0.15) is 23.7 Å². The minimum absolute atomic E-state index is 0.0237. The number of nitrogens with zero attached hydrogens (tertiary/aromatic N) is 2. The van der Waals surface area contributed by atoms with Gasteiger partial charge in [-0.3, -0.25) is 4.31 Å². The Morgan fingerprint density at radius 2 is 1.82 bits per heavy atom. The first-order chi connectivity index (χ1) is 16.2. The summed E-state index contributed by atoms with van der Waals surface area (Å²) < 4.78 is 42.6. The molecule has 0 spiro atoms. The van der Waals surface area contributed by atoms with Crippen LogP contribution in [0.25, 0.3) is 0 Å². The predicted octanol–water partition coefficient (Wildman–Crippen LogP) is 4.02. The second kappa shape index (κ2) is 13.2. The number of ether oxygens (including phenoxy) is 3. The molecule has 0 aliphatic heterocycles. The van der Waals surface area contributed by atoms with Crippen LogP contribution in [-0.4, -0.2) is 56.6 Å². The van der Waals surface area contributed by atoms with Crippen molar-refractivity contribution in [2.24, 2.45) is 0 Å². The summed E-state index contributed by atoms with van der Waals surface area (Å²) in [5.74, 6) is -0.0589. The molecule has 0 heterocycles. The molecule has 34 heavy (non-hydrogen) atoms. The van der Waals surface area contributed by atoms with Gasteiger partial charge in [0.25, 0.3) is 0 Å². The highest BCUT2D eigenvalue weighted by atomic mass is 32.2. The molecule has 182 valence electrons. The summed E-state index contributed by atoms with van der Waals surface area (Å²) in [4.78, 5) is 12.4. The molecule has 0 radical (unpaired) electrons. The summed E-state index contributed by atoms with van der Waals surface area (Å²) in [6.45, 7) is 2.10. The fraction of sp³-hybridized carbons (Fsp3) is 0.348. The Kier molecular flexibility index (Phi) is 10.6. The standard InChI is InChI=1S/C23H26N2O6S3/c1-4-30-23(32)33-21(14-20(15-24)31-22(26)17-8-6-5-7-9-17)16-25(34(3,27)28)18-10-12-19(29-2)13-11-18/h5-13,20-21H,4,14,16H2,1-3H3. The molecule has 2 unspecified atom stereocenters. The number of hydrogen-bond acceptors (Lipinski definition) is 9. The summed E-state index contributed by atoms with van der Waals surface area (Å²) in [5, 5.41) is 9.09. The van der Waals surface area contributed by atoms with Crippen LogP contribution in [0.3, 0.4) is 0 Å². The van der Waals surface area contributed by atoms with E-state index in [0.717, 1.165) is 18.0 Å². The Bertz CT molecular complexity index is 1100. The quantitative estimate of drug-likeness (QED) is 0.319. The monoisotopic (exact) mass is 522 g/mol. The van der Waals surface area contributed by atoms with Crippen molar-refractivity contribution in [1.29, 1.82) is 5.26 Å². The largest absolute Gasteiger partial charge is 0.497 e. The van der Waals surface area contributed by atoms with Crippen LogP contribution in [0.2, 0.25) is 0 Å². The van der Waals surface area contributed by atoms with Crippen LogP contribution in [0.5, 0.6) is 5.75 Å². The molecule has 2 atom stereocenters. The van der Waals surface area contributed by atoms with E-state index in [1.807, 2.05) is 6.07 Å². The van der Waals surface area contributed by atoms with E-state index in [-0.39, 0.29) is 17.3 Å². The molecular weight excluding hydrogens is 496 g/mol. The van der Waals surface area contributed by atoms with Crippen molar-refractivity contribution in [3.63, 3.8) is 0 Å². The molecule has 0 N–H and O–H groups in total. The van der Waals surface area contributed by atoms with Gasteiger partial charge in [-0.2, -0.15) is 5.26 Å². The van der Waals surface area contributed by atoms with Crippen LogP contribution in [0.4, 0.5) is 5.69 Å². The third kappa shape index (κ3) is 8.52. The zero-order chi connectivity index (χ0) is 25.1. The molecule has 2 aromatic rings. The summed E-state index contributed by atoms with van der Waals surface area (Å²) in [6, 6.07) is 16.9. The summed E-state index contributed by atoms with van der Waals surface area (Å²) in [6.07, 6.45) is 0.0125. The maximum Gasteiger partial charge on any atom is 0.339 e. The molecule has 0 bridgehead atoms. The Labute approximate surface area is 209 Å². The van der Waals surface area contributed by atoms with Gasteiger partial charge in [0.2, 0.25) is 14.4 Å². The highest BCUT2D eigenvalue weighted by Crippen LogP contribution is 2.27. The van der Waals surface area contributed by atoms with Gasteiger partial charge in [0, 0.05) is 18.2 Å². The van der Waals surface area contributed by atoms with Crippen molar-refractivity contribution in [3.05, 3.63) is 60.2 Å². The van der Waals surface area contributed by atoms with E-state index >= 15 is 0 Å². The Balaban J connectivity index is 2.27. The zero-order valence-electron chi connectivity index (χ0n) is 19.0. The number of sulfonamides is 1. The predicted molar refractivity (Wildman–Crippen MR) is 137 cm³/mol. The van der Waals surface area contributed by atoms with Crippen LogP contribution in [0.15, 0.2) is 54.6 Å². The van der Waals surface area contributed by atoms with E-state index in [9.17, 15) is 18.5 Å². The number of methoxy groups -OCH3 is 1. The molecular formula is C23H26N2O6S3. The van der Waals surface area contributed by atoms with Gasteiger partial charge in [0.15, 0.2) is 6.10 Å². The normalized spacial score (nSPS) is 12.6. The molecule has 0 fully saturated rings. The summed E-state index contributed by atoms with van der Waals surface area (Å²) in [7, 11) is -2.17. The van der Waals surface area contributed by atoms with Crippen molar-refractivity contribution in [2.75, 3.05) is 30.8 Å². The minimum Gasteiger partial charge on any atom is -0.497 e. The first-order valence-electron chi connectivity index (χ1n) is 10.3. The van der Waals surface area contributed by atoms with E-state index in [1.165, 1.54) is 11.4 Å². The van der Waals surface area contributed by atoms with E-state index in [1.54, 1.807) is 61.5 Å². The lowest BCUT2D eigenvalue weighted by atomic mass is 10.2. The fourth-order valence-electron chi connectivity index (χ4n) is 2.95. The van der Waals surface area contributed by atoms with Crippen molar-refractivity contribution < 1.29 is 27.4 Å². The molecule has 0 saturated heterocycles. The van der Waals surface area contributed by atoms with Crippen LogP contribution >= 0.6 is 24.0 Å². The molecule has 2 rings (SSSR count). The molecule has 0 amide bonds. The number of thioether (sulfide) groups is 1. The maximum atomic E-state index is 12.6. The van der Waals surface area contributed by atoms with E-state index in [4.69, 9.17) is 26.4 Å². The number of anilines is 1. The second-order valence-electron chi connectivity index (χ2n) is 7.04. The van der Waals surface area contributed by atoms with Crippen LogP contribution in [-0.2, 0) is 19.5 Å². The van der Waals surface area contributed by atoms with Gasteiger partial charge < -0.3 is 14.2 Å². The molecule has 2 aromatic carbocycles. The van der Waals surface area contributed by atoms with Crippen LogP contribution < -0.4 is 9.04 Å². The summed E-state index contributed by atoms with van der Waals surface area (Å²) in [5.41, 5.74) is 0.735. The number of rotatable bonds is 11. The first kappa shape index (κ1) is 27.4. The highest BCUT2D eigenvalue weighted by Gasteiger charge is 2.28. The fourth-order valence-corrected chi connectivity index (χ4v) is 5.48. The number of carbonyl (C=O) groups is 1. The van der Waals surface area contributed by atoms with Gasteiger partial charge in [0.05, 0.1) is 31.2 Å². The number of hydrogen-bond donors (Lipinski definition) is 0. The molecule has 0 saturated carbocycles. The lowest BCUT2D eigenvalue weighted by Crippen LogP contribution is -2.38. The maximum absolute atomic E-state index is 12.6. The number of esters is 1. The molecule has 0 aliphatic rings. The number of nitriles is 1. The molecule has 8 nitrogen and oxygen atoms in total. The van der Waals surface area contributed by atoms with Gasteiger partial charge in [-0.25, -0.2) is 13.2 Å². The Morgan fingerprint density at radius 1 is 1.18 bits per heavy atom.